The number of carbonyl (C=O) groups is 1. The van der Waals surface area contributed by atoms with Crippen LogP contribution in [0.2, 0.25) is 0 Å². The highest BCUT2D eigenvalue weighted by Crippen LogP contribution is 2.07. The average Bonchev–Trinajstić information content (AvgIpc) is 2.64. The Morgan fingerprint density at radius 3 is 2.53 bits per heavy atom. The van der Waals surface area contributed by atoms with Crippen molar-refractivity contribution < 1.29 is 9.90 Å². The van der Waals surface area contributed by atoms with Gasteiger partial charge in [-0.3, -0.25) is 4.79 Å². The molecule has 1 rings (SSSR count). The van der Waals surface area contributed by atoms with Crippen LogP contribution in [-0.2, 0) is 4.79 Å². The van der Waals surface area contributed by atoms with Crippen molar-refractivity contribution >= 4 is 5.97 Å². The Bertz CT molecular complexity index is 211. The van der Waals surface area contributed by atoms with Crippen molar-refractivity contribution in [3.05, 3.63) is 0 Å². The molecule has 4 heteroatoms. The zero-order valence-corrected chi connectivity index (χ0v) is 9.75. The molecule has 1 aliphatic heterocycles. The third-order valence-corrected chi connectivity index (χ3v) is 2.95. The highest BCUT2D eigenvalue weighted by atomic mass is 16.4. The minimum Gasteiger partial charge on any atom is -0.480 e. The van der Waals surface area contributed by atoms with E-state index >= 15 is 0 Å². The fourth-order valence-corrected chi connectivity index (χ4v) is 1.79. The predicted octanol–water partition coefficient (Wildman–Crippen LogP) is 0.925. The van der Waals surface area contributed by atoms with Gasteiger partial charge in [-0.15, -0.1) is 0 Å². The number of nitrogens with zero attached hydrogens (tertiary/aromatic N) is 1. The fraction of sp³-hybridized carbons (Fsp3) is 0.909. The Morgan fingerprint density at radius 2 is 2.00 bits per heavy atom. The molecule has 0 radical (unpaired) electrons. The maximum atomic E-state index is 10.8. The van der Waals surface area contributed by atoms with Crippen LogP contribution in [0.3, 0.4) is 0 Å². The van der Waals surface area contributed by atoms with Crippen LogP contribution in [0.4, 0.5) is 0 Å². The molecular weight excluding hydrogens is 192 g/mol. The van der Waals surface area contributed by atoms with Gasteiger partial charge in [0.25, 0.3) is 0 Å². The van der Waals surface area contributed by atoms with Crippen LogP contribution in [0.15, 0.2) is 0 Å². The number of hydrogen-bond acceptors (Lipinski definition) is 3. The summed E-state index contributed by atoms with van der Waals surface area (Å²) in [7, 11) is 0. The van der Waals surface area contributed by atoms with Crippen molar-refractivity contribution in [2.45, 2.75) is 38.6 Å². The average molecular weight is 214 g/mol. The van der Waals surface area contributed by atoms with Gasteiger partial charge in [0.2, 0.25) is 0 Å². The van der Waals surface area contributed by atoms with Gasteiger partial charge in [-0.25, -0.2) is 0 Å². The molecule has 0 atom stereocenters. The summed E-state index contributed by atoms with van der Waals surface area (Å²) in [6, 6.07) is 0. The largest absolute Gasteiger partial charge is 0.480 e. The van der Waals surface area contributed by atoms with Crippen molar-refractivity contribution in [2.24, 2.45) is 0 Å². The maximum absolute atomic E-state index is 10.8. The lowest BCUT2D eigenvalue weighted by molar-refractivity contribution is -0.143. The molecule has 0 aromatic heterocycles. The molecule has 1 fully saturated rings. The van der Waals surface area contributed by atoms with E-state index < -0.39 is 11.5 Å². The van der Waals surface area contributed by atoms with Gasteiger partial charge in [0, 0.05) is 0 Å². The molecule has 15 heavy (non-hydrogen) atoms. The van der Waals surface area contributed by atoms with Crippen LogP contribution >= 0.6 is 0 Å². The first kappa shape index (κ1) is 12.5. The second-order valence-electron chi connectivity index (χ2n) is 4.76. The highest BCUT2D eigenvalue weighted by molar-refractivity contribution is 5.77. The van der Waals surface area contributed by atoms with Crippen LogP contribution in [0.1, 0.15) is 33.1 Å². The molecule has 0 amide bonds. The lowest BCUT2D eigenvalue weighted by atomic mass is 10.1. The summed E-state index contributed by atoms with van der Waals surface area (Å²) >= 11 is 0. The second kappa shape index (κ2) is 5.47. The molecule has 1 aliphatic rings. The quantitative estimate of drug-likeness (QED) is 0.646. The Hall–Kier alpha value is -0.610. The summed E-state index contributed by atoms with van der Waals surface area (Å²) in [6.45, 7) is 7.68. The molecule has 4 nitrogen and oxygen atoms in total. The zero-order chi connectivity index (χ0) is 11.3. The fourth-order valence-electron chi connectivity index (χ4n) is 1.79. The minimum atomic E-state index is -0.801. The topological polar surface area (TPSA) is 52.6 Å². The summed E-state index contributed by atoms with van der Waals surface area (Å²) in [6.07, 6.45) is 3.65. The van der Waals surface area contributed by atoms with Crippen LogP contribution in [0.25, 0.3) is 0 Å². The molecule has 1 heterocycles. The molecule has 0 bridgehead atoms. The van der Waals surface area contributed by atoms with Gasteiger partial charge < -0.3 is 15.3 Å². The Labute approximate surface area is 91.6 Å². The van der Waals surface area contributed by atoms with Gasteiger partial charge in [0.05, 0.1) is 0 Å². The van der Waals surface area contributed by atoms with Crippen molar-refractivity contribution in [2.75, 3.05) is 26.2 Å². The first-order chi connectivity index (χ1) is 7.02. The molecule has 0 aliphatic carbocycles. The van der Waals surface area contributed by atoms with Crippen LogP contribution < -0.4 is 5.32 Å². The Kier molecular flexibility index (Phi) is 4.54. The maximum Gasteiger partial charge on any atom is 0.323 e. The second-order valence-corrected chi connectivity index (χ2v) is 4.76. The number of carboxylic acid groups (broad SMARTS) is 1. The molecular formula is C11H22N2O2. The van der Waals surface area contributed by atoms with Gasteiger partial charge >= 0.3 is 5.97 Å². The SMILES string of the molecule is CC(C)(NCCCN1CCCC1)C(=O)O. The summed E-state index contributed by atoms with van der Waals surface area (Å²) < 4.78 is 0. The first-order valence-electron chi connectivity index (χ1n) is 5.73. The summed E-state index contributed by atoms with van der Waals surface area (Å²) in [4.78, 5) is 13.2. The number of nitrogens with one attached hydrogen (secondary N) is 1. The summed E-state index contributed by atoms with van der Waals surface area (Å²) in [5.41, 5.74) is -0.801. The van der Waals surface area contributed by atoms with Gasteiger partial charge in [0.1, 0.15) is 5.54 Å². The molecule has 1 saturated heterocycles. The van der Waals surface area contributed by atoms with E-state index in [0.29, 0.717) is 0 Å². The van der Waals surface area contributed by atoms with Gasteiger partial charge in [0.15, 0.2) is 0 Å². The smallest absolute Gasteiger partial charge is 0.323 e. The normalized spacial score (nSPS) is 18.3. The zero-order valence-electron chi connectivity index (χ0n) is 9.75. The number of rotatable bonds is 6. The van der Waals surface area contributed by atoms with E-state index in [1.807, 2.05) is 0 Å². The number of aliphatic carboxylic acids is 1. The van der Waals surface area contributed by atoms with Crippen LogP contribution in [0, 0.1) is 0 Å². The van der Waals surface area contributed by atoms with Gasteiger partial charge in [-0.1, -0.05) is 0 Å². The number of carboxylic acids is 1. The van der Waals surface area contributed by atoms with E-state index in [0.717, 1.165) is 19.5 Å². The van der Waals surface area contributed by atoms with Crippen LogP contribution in [0.5, 0.6) is 0 Å². The highest BCUT2D eigenvalue weighted by Gasteiger charge is 2.25. The van der Waals surface area contributed by atoms with E-state index in [1.165, 1.54) is 25.9 Å². The third-order valence-electron chi connectivity index (χ3n) is 2.95. The van der Waals surface area contributed by atoms with E-state index in [-0.39, 0.29) is 0 Å². The van der Waals surface area contributed by atoms with Gasteiger partial charge in [-0.05, 0) is 59.3 Å². The number of hydrogen-bond donors (Lipinski definition) is 2. The van der Waals surface area contributed by atoms with Crippen molar-refractivity contribution in [3.8, 4) is 0 Å². The summed E-state index contributed by atoms with van der Waals surface area (Å²) in [5.74, 6) is -0.788. The molecule has 0 unspecified atom stereocenters. The molecule has 88 valence electrons. The van der Waals surface area contributed by atoms with Crippen molar-refractivity contribution in [1.29, 1.82) is 0 Å². The van der Waals surface area contributed by atoms with Crippen LogP contribution in [-0.4, -0.2) is 47.7 Å². The first-order valence-corrected chi connectivity index (χ1v) is 5.73. The standard InChI is InChI=1S/C11H22N2O2/c1-11(2,10(14)15)12-6-5-9-13-7-3-4-8-13/h12H,3-9H2,1-2H3,(H,14,15). The number of likely N-dealkylation sites (tertiary alicyclic amines) is 1. The lowest BCUT2D eigenvalue weighted by Crippen LogP contribution is -2.47. The Balaban J connectivity index is 2.08. The third kappa shape index (κ3) is 4.18. The van der Waals surface area contributed by atoms with Crippen molar-refractivity contribution in [3.63, 3.8) is 0 Å². The molecule has 0 saturated carbocycles. The monoisotopic (exact) mass is 214 g/mol. The molecule has 0 aromatic carbocycles. The minimum absolute atomic E-state index is 0.774. The molecule has 0 aromatic rings. The van der Waals surface area contributed by atoms with E-state index in [9.17, 15) is 4.79 Å². The van der Waals surface area contributed by atoms with E-state index in [2.05, 4.69) is 10.2 Å². The molecule has 0 spiro atoms. The predicted molar refractivity (Wildman–Crippen MR) is 60.0 cm³/mol. The summed E-state index contributed by atoms with van der Waals surface area (Å²) in [5, 5.41) is 11.9. The van der Waals surface area contributed by atoms with Crippen molar-refractivity contribution in [1.82, 2.24) is 10.2 Å². The van der Waals surface area contributed by atoms with Gasteiger partial charge in [-0.2, -0.15) is 0 Å². The lowest BCUT2D eigenvalue weighted by Gasteiger charge is -2.22. The molecule has 2 N–H and O–H groups in total. The van der Waals surface area contributed by atoms with E-state index in [1.54, 1.807) is 13.8 Å². The van der Waals surface area contributed by atoms with E-state index in [4.69, 9.17) is 5.11 Å². The Morgan fingerprint density at radius 1 is 1.40 bits per heavy atom.